The number of carbonyl (C=O) groups excluding carboxylic acids is 1. The van der Waals surface area contributed by atoms with Crippen LogP contribution in [-0.2, 0) is 13.0 Å². The van der Waals surface area contributed by atoms with E-state index in [1.165, 1.54) is 22.5 Å². The summed E-state index contributed by atoms with van der Waals surface area (Å²) in [6.45, 7) is 0.797. The van der Waals surface area contributed by atoms with Crippen molar-refractivity contribution in [3.05, 3.63) is 99.3 Å². The maximum atomic E-state index is 12.8. The molecule has 0 aliphatic rings. The Kier molecular flexibility index (Phi) is 6.72. The first kappa shape index (κ1) is 20.9. The van der Waals surface area contributed by atoms with Gasteiger partial charge in [-0.15, -0.1) is 0 Å². The molecule has 0 fully saturated rings. The fourth-order valence-corrected chi connectivity index (χ4v) is 4.97. The van der Waals surface area contributed by atoms with Crippen molar-refractivity contribution in [1.82, 2.24) is 4.57 Å². The highest BCUT2D eigenvalue weighted by atomic mass is 35.5. The maximum Gasteiger partial charge on any atom is 0.279 e. The second-order valence-electron chi connectivity index (χ2n) is 6.92. The lowest BCUT2D eigenvalue weighted by atomic mass is 10.0. The van der Waals surface area contributed by atoms with E-state index in [-0.39, 0.29) is 5.91 Å². The van der Waals surface area contributed by atoms with Crippen LogP contribution in [0.25, 0.3) is 10.2 Å². The van der Waals surface area contributed by atoms with Crippen LogP contribution in [0.15, 0.2) is 77.8 Å². The Balaban J connectivity index is 1.62. The van der Waals surface area contributed by atoms with Crippen LogP contribution in [0, 0.1) is 0 Å². The van der Waals surface area contributed by atoms with Gasteiger partial charge in [-0.25, -0.2) is 0 Å². The van der Waals surface area contributed by atoms with Crippen LogP contribution in [-0.4, -0.2) is 22.5 Å². The van der Waals surface area contributed by atoms with E-state index in [1.54, 1.807) is 11.8 Å². The van der Waals surface area contributed by atoms with Gasteiger partial charge in [-0.3, -0.25) is 4.79 Å². The molecule has 0 unspecified atom stereocenters. The SMILES string of the molecule is CSCCn1c(=NC(=O)c2ccc(Cc3ccccc3)cc2)sc2cc(Cl)ccc21. The lowest BCUT2D eigenvalue weighted by Gasteiger charge is -2.04. The van der Waals surface area contributed by atoms with Gasteiger partial charge in [-0.2, -0.15) is 16.8 Å². The normalized spacial score (nSPS) is 11.9. The number of aromatic nitrogens is 1. The van der Waals surface area contributed by atoms with E-state index < -0.39 is 0 Å². The van der Waals surface area contributed by atoms with E-state index in [9.17, 15) is 4.79 Å². The predicted octanol–water partition coefficient (Wildman–Crippen LogP) is 6.05. The van der Waals surface area contributed by atoms with Gasteiger partial charge in [0.05, 0.1) is 10.2 Å². The molecule has 1 amide bonds. The number of hydrogen-bond donors (Lipinski definition) is 0. The van der Waals surface area contributed by atoms with E-state index in [1.807, 2.05) is 60.7 Å². The molecule has 0 bridgehead atoms. The highest BCUT2D eigenvalue weighted by Crippen LogP contribution is 2.22. The first-order chi connectivity index (χ1) is 14.6. The molecule has 6 heteroatoms. The van der Waals surface area contributed by atoms with Crippen LogP contribution in [0.3, 0.4) is 0 Å². The van der Waals surface area contributed by atoms with Crippen molar-refractivity contribution in [2.75, 3.05) is 12.0 Å². The molecule has 3 nitrogen and oxygen atoms in total. The van der Waals surface area contributed by atoms with Gasteiger partial charge in [0, 0.05) is 22.9 Å². The Labute approximate surface area is 189 Å². The molecule has 0 aliphatic heterocycles. The Morgan fingerprint density at radius 3 is 2.50 bits per heavy atom. The van der Waals surface area contributed by atoms with Crippen molar-refractivity contribution >= 4 is 50.8 Å². The molecule has 0 saturated carbocycles. The minimum Gasteiger partial charge on any atom is -0.316 e. The molecule has 1 heterocycles. The monoisotopic (exact) mass is 452 g/mol. The van der Waals surface area contributed by atoms with E-state index in [0.717, 1.165) is 28.9 Å². The molecule has 0 radical (unpaired) electrons. The molecular formula is C24H21ClN2OS2. The van der Waals surface area contributed by atoms with Crippen LogP contribution < -0.4 is 4.80 Å². The molecule has 0 N–H and O–H groups in total. The summed E-state index contributed by atoms with van der Waals surface area (Å²) in [7, 11) is 0. The van der Waals surface area contributed by atoms with Gasteiger partial charge in [0.15, 0.2) is 4.80 Å². The standard InChI is InChI=1S/C24H21ClN2OS2/c1-29-14-13-27-21-12-11-20(25)16-22(21)30-24(27)26-23(28)19-9-7-18(8-10-19)15-17-5-3-2-4-6-17/h2-12,16H,13-15H2,1H3. The van der Waals surface area contributed by atoms with Crippen LogP contribution in [0.1, 0.15) is 21.5 Å². The number of thioether (sulfide) groups is 1. The van der Waals surface area contributed by atoms with E-state index in [0.29, 0.717) is 15.4 Å². The summed E-state index contributed by atoms with van der Waals surface area (Å²) in [5, 5.41) is 0.688. The molecule has 0 aliphatic carbocycles. The zero-order valence-electron chi connectivity index (χ0n) is 16.5. The van der Waals surface area contributed by atoms with Crippen molar-refractivity contribution in [3.8, 4) is 0 Å². The van der Waals surface area contributed by atoms with Crippen molar-refractivity contribution in [3.63, 3.8) is 0 Å². The molecule has 1 aromatic heterocycles. The number of hydrogen-bond acceptors (Lipinski definition) is 3. The smallest absolute Gasteiger partial charge is 0.279 e. The van der Waals surface area contributed by atoms with Crippen LogP contribution >= 0.6 is 34.7 Å². The number of carbonyl (C=O) groups is 1. The topological polar surface area (TPSA) is 34.4 Å². The summed E-state index contributed by atoms with van der Waals surface area (Å²) < 4.78 is 3.14. The number of amides is 1. The first-order valence-corrected chi connectivity index (χ1v) is 12.2. The second-order valence-corrected chi connectivity index (χ2v) is 9.35. The number of fused-ring (bicyclic) bond motifs is 1. The molecule has 4 aromatic rings. The fourth-order valence-electron chi connectivity index (χ4n) is 3.28. The molecular weight excluding hydrogens is 432 g/mol. The van der Waals surface area contributed by atoms with Crippen LogP contribution in [0.5, 0.6) is 0 Å². The largest absolute Gasteiger partial charge is 0.316 e. The van der Waals surface area contributed by atoms with Gasteiger partial charge in [-0.1, -0.05) is 65.4 Å². The van der Waals surface area contributed by atoms with Crippen LogP contribution in [0.2, 0.25) is 5.02 Å². The van der Waals surface area contributed by atoms with Gasteiger partial charge in [-0.05, 0) is 54.1 Å². The summed E-state index contributed by atoms with van der Waals surface area (Å²) in [5.74, 6) is 0.723. The number of nitrogens with zero attached hydrogens (tertiary/aromatic N) is 2. The summed E-state index contributed by atoms with van der Waals surface area (Å²) in [5.41, 5.74) is 4.08. The van der Waals surface area contributed by atoms with Gasteiger partial charge in [0.25, 0.3) is 5.91 Å². The number of benzene rings is 3. The zero-order valence-corrected chi connectivity index (χ0v) is 18.9. The van der Waals surface area contributed by atoms with Gasteiger partial charge < -0.3 is 4.57 Å². The molecule has 30 heavy (non-hydrogen) atoms. The van der Waals surface area contributed by atoms with Crippen LogP contribution in [0.4, 0.5) is 0 Å². The average molecular weight is 453 g/mol. The third kappa shape index (κ3) is 4.86. The summed E-state index contributed by atoms with van der Waals surface area (Å²) in [4.78, 5) is 18.0. The predicted molar refractivity (Wildman–Crippen MR) is 129 cm³/mol. The Bertz CT molecular complexity index is 1230. The van der Waals surface area contributed by atoms with Gasteiger partial charge >= 0.3 is 0 Å². The highest BCUT2D eigenvalue weighted by Gasteiger charge is 2.10. The maximum absolute atomic E-state index is 12.8. The molecule has 0 spiro atoms. The summed E-state index contributed by atoms with van der Waals surface area (Å²) >= 11 is 9.42. The number of halogens is 1. The fraction of sp³-hybridized carbons (Fsp3) is 0.167. The minimum absolute atomic E-state index is 0.225. The molecule has 4 rings (SSSR count). The Hall–Kier alpha value is -2.34. The lowest BCUT2D eigenvalue weighted by Crippen LogP contribution is -2.18. The quantitative estimate of drug-likeness (QED) is 0.356. The first-order valence-electron chi connectivity index (χ1n) is 9.64. The van der Waals surface area contributed by atoms with Gasteiger partial charge in [0.1, 0.15) is 0 Å². The minimum atomic E-state index is -0.225. The van der Waals surface area contributed by atoms with E-state index in [2.05, 4.69) is 27.9 Å². The van der Waals surface area contributed by atoms with Crippen molar-refractivity contribution in [2.45, 2.75) is 13.0 Å². The number of rotatable bonds is 6. The third-order valence-corrected chi connectivity index (χ3v) is 6.68. The van der Waals surface area contributed by atoms with Crippen molar-refractivity contribution < 1.29 is 4.79 Å². The highest BCUT2D eigenvalue weighted by molar-refractivity contribution is 7.98. The third-order valence-electron chi connectivity index (χ3n) is 4.81. The molecule has 152 valence electrons. The lowest BCUT2D eigenvalue weighted by molar-refractivity contribution is 0.0998. The van der Waals surface area contributed by atoms with E-state index in [4.69, 9.17) is 11.6 Å². The second kappa shape index (κ2) is 9.65. The zero-order chi connectivity index (χ0) is 20.9. The summed E-state index contributed by atoms with van der Waals surface area (Å²) in [6, 6.07) is 23.8. The van der Waals surface area contributed by atoms with Gasteiger partial charge in [0.2, 0.25) is 0 Å². The van der Waals surface area contributed by atoms with E-state index >= 15 is 0 Å². The molecule has 0 atom stereocenters. The Morgan fingerprint density at radius 1 is 1.03 bits per heavy atom. The molecule has 3 aromatic carbocycles. The number of aryl methyl sites for hydroxylation is 1. The number of thiazole rings is 1. The average Bonchev–Trinajstić information content (AvgIpc) is 3.09. The van der Waals surface area contributed by atoms with Crippen molar-refractivity contribution in [1.29, 1.82) is 0 Å². The Morgan fingerprint density at radius 2 is 1.77 bits per heavy atom. The molecule has 0 saturated heterocycles. The summed E-state index contributed by atoms with van der Waals surface area (Å²) in [6.07, 6.45) is 2.92. The van der Waals surface area contributed by atoms with Crippen molar-refractivity contribution in [2.24, 2.45) is 4.99 Å².